The van der Waals surface area contributed by atoms with Gasteiger partial charge in [0.25, 0.3) is 15.7 Å². The standard InChI is InChI=1S/C26H26N6O4S/c1-18(19-4-6-20(7-5-19)21-8-10-22(11-9-21)31(2)3)28-26-27-17-16-25(29-26)30-37(35,36)24-14-12-23(13-15-24)32(33)34/h4-18H,1-3H3,(H2,27,28,29,30)/t18-/m0/s1. The molecule has 0 radical (unpaired) electrons. The van der Waals surface area contributed by atoms with Gasteiger partial charge in [-0.15, -0.1) is 0 Å². The van der Waals surface area contributed by atoms with Gasteiger partial charge in [0.15, 0.2) is 0 Å². The topological polar surface area (TPSA) is 130 Å². The molecular formula is C26H26N6O4S. The lowest BCUT2D eigenvalue weighted by Gasteiger charge is -2.16. The summed E-state index contributed by atoms with van der Waals surface area (Å²) < 4.78 is 27.7. The van der Waals surface area contributed by atoms with E-state index in [4.69, 9.17) is 0 Å². The minimum atomic E-state index is -3.99. The first-order valence-corrected chi connectivity index (χ1v) is 12.9. The van der Waals surface area contributed by atoms with Crippen LogP contribution in [0.3, 0.4) is 0 Å². The average Bonchev–Trinajstić information content (AvgIpc) is 2.89. The van der Waals surface area contributed by atoms with Crippen molar-refractivity contribution in [2.75, 3.05) is 29.0 Å². The van der Waals surface area contributed by atoms with Gasteiger partial charge in [0.2, 0.25) is 5.95 Å². The Morgan fingerprint density at radius 1 is 0.892 bits per heavy atom. The lowest BCUT2D eigenvalue weighted by molar-refractivity contribution is -0.384. The molecule has 4 rings (SSSR count). The van der Waals surface area contributed by atoms with Crippen LogP contribution < -0.4 is 14.9 Å². The Balaban J connectivity index is 1.43. The van der Waals surface area contributed by atoms with Crippen LogP contribution in [0.4, 0.5) is 23.1 Å². The average molecular weight is 519 g/mol. The number of non-ortho nitro benzene ring substituents is 1. The first-order valence-electron chi connectivity index (χ1n) is 11.4. The van der Waals surface area contributed by atoms with Crippen LogP contribution in [-0.4, -0.2) is 37.4 Å². The number of hydrogen-bond donors (Lipinski definition) is 2. The summed E-state index contributed by atoms with van der Waals surface area (Å²) in [6.45, 7) is 1.96. The Bertz CT molecular complexity index is 1490. The van der Waals surface area contributed by atoms with Crippen LogP contribution in [-0.2, 0) is 10.0 Å². The van der Waals surface area contributed by atoms with Crippen molar-refractivity contribution in [2.45, 2.75) is 17.9 Å². The van der Waals surface area contributed by atoms with Crippen LogP contribution in [0.25, 0.3) is 11.1 Å². The number of aromatic nitrogens is 2. The second-order valence-electron chi connectivity index (χ2n) is 8.55. The van der Waals surface area contributed by atoms with Crippen molar-refractivity contribution >= 4 is 33.2 Å². The zero-order valence-corrected chi connectivity index (χ0v) is 21.3. The summed E-state index contributed by atoms with van der Waals surface area (Å²) in [4.78, 5) is 20.6. The van der Waals surface area contributed by atoms with E-state index in [2.05, 4.69) is 49.2 Å². The van der Waals surface area contributed by atoms with Crippen LogP contribution in [0, 0.1) is 10.1 Å². The highest BCUT2D eigenvalue weighted by molar-refractivity contribution is 7.92. The molecule has 1 atom stereocenters. The molecule has 0 unspecified atom stereocenters. The fourth-order valence-corrected chi connectivity index (χ4v) is 4.62. The van der Waals surface area contributed by atoms with E-state index in [0.717, 1.165) is 34.5 Å². The maximum Gasteiger partial charge on any atom is 0.269 e. The van der Waals surface area contributed by atoms with Gasteiger partial charge >= 0.3 is 0 Å². The number of rotatable bonds is 9. The van der Waals surface area contributed by atoms with Crippen molar-refractivity contribution in [3.63, 3.8) is 0 Å². The molecule has 10 nitrogen and oxygen atoms in total. The van der Waals surface area contributed by atoms with E-state index in [1.165, 1.54) is 24.4 Å². The zero-order valence-electron chi connectivity index (χ0n) is 20.5. The second-order valence-corrected chi connectivity index (χ2v) is 10.2. The van der Waals surface area contributed by atoms with Gasteiger partial charge in [0.05, 0.1) is 15.9 Å². The van der Waals surface area contributed by atoms with Gasteiger partial charge in [-0.1, -0.05) is 36.4 Å². The lowest BCUT2D eigenvalue weighted by Crippen LogP contribution is -2.15. The van der Waals surface area contributed by atoms with Crippen molar-refractivity contribution in [3.8, 4) is 11.1 Å². The van der Waals surface area contributed by atoms with Gasteiger partial charge in [-0.2, -0.15) is 4.98 Å². The highest BCUT2D eigenvalue weighted by Crippen LogP contribution is 2.26. The molecule has 0 spiro atoms. The molecule has 0 saturated heterocycles. The summed E-state index contributed by atoms with van der Waals surface area (Å²) in [5.41, 5.74) is 4.16. The molecule has 1 heterocycles. The maximum absolute atomic E-state index is 12.7. The van der Waals surface area contributed by atoms with Crippen molar-refractivity contribution in [2.24, 2.45) is 0 Å². The van der Waals surface area contributed by atoms with Gasteiger partial charge in [0.1, 0.15) is 5.82 Å². The van der Waals surface area contributed by atoms with Crippen molar-refractivity contribution in [1.82, 2.24) is 9.97 Å². The fraction of sp³-hybridized carbons (Fsp3) is 0.154. The first kappa shape index (κ1) is 25.6. The second kappa shape index (κ2) is 10.6. The van der Waals surface area contributed by atoms with Crippen molar-refractivity contribution in [1.29, 1.82) is 0 Å². The molecule has 0 saturated carbocycles. The minimum Gasteiger partial charge on any atom is -0.378 e. The van der Waals surface area contributed by atoms with Crippen LogP contribution in [0.1, 0.15) is 18.5 Å². The predicted molar refractivity (Wildman–Crippen MR) is 144 cm³/mol. The predicted octanol–water partition coefficient (Wildman–Crippen LogP) is 5.09. The summed E-state index contributed by atoms with van der Waals surface area (Å²) in [7, 11) is 0.0258. The monoisotopic (exact) mass is 518 g/mol. The molecule has 3 aromatic carbocycles. The number of sulfonamides is 1. The summed E-state index contributed by atoms with van der Waals surface area (Å²) in [5.74, 6) is 0.319. The smallest absolute Gasteiger partial charge is 0.269 e. The third-order valence-corrected chi connectivity index (χ3v) is 7.10. The Labute approximate surface area is 215 Å². The Morgan fingerprint density at radius 3 is 2.05 bits per heavy atom. The molecule has 0 aliphatic rings. The number of nitrogens with one attached hydrogen (secondary N) is 2. The summed E-state index contributed by atoms with van der Waals surface area (Å²) in [6.07, 6.45) is 1.44. The van der Waals surface area contributed by atoms with Gasteiger partial charge in [-0.3, -0.25) is 14.8 Å². The van der Waals surface area contributed by atoms with Crippen LogP contribution >= 0.6 is 0 Å². The van der Waals surface area contributed by atoms with E-state index in [9.17, 15) is 18.5 Å². The van der Waals surface area contributed by atoms with Gasteiger partial charge in [-0.25, -0.2) is 13.4 Å². The van der Waals surface area contributed by atoms with E-state index < -0.39 is 14.9 Å². The third kappa shape index (κ3) is 6.19. The number of nitro groups is 1. The third-order valence-electron chi connectivity index (χ3n) is 5.73. The molecular weight excluding hydrogens is 492 g/mol. The molecule has 0 fully saturated rings. The number of nitro benzene ring substituents is 1. The molecule has 0 bridgehead atoms. The SMILES string of the molecule is C[C@H](Nc1nccc(NS(=O)(=O)c2ccc([N+](=O)[O-])cc2)n1)c1ccc(-c2ccc(N(C)C)cc2)cc1. The van der Waals surface area contributed by atoms with Crippen molar-refractivity contribution in [3.05, 3.63) is 101 Å². The largest absolute Gasteiger partial charge is 0.378 e. The number of benzene rings is 3. The molecule has 190 valence electrons. The molecule has 0 aliphatic carbocycles. The summed E-state index contributed by atoms with van der Waals surface area (Å²) >= 11 is 0. The molecule has 1 aromatic heterocycles. The van der Waals surface area contributed by atoms with Gasteiger partial charge < -0.3 is 10.2 Å². The molecule has 11 heteroatoms. The van der Waals surface area contributed by atoms with Crippen LogP contribution in [0.15, 0.2) is 90.0 Å². The minimum absolute atomic E-state index is 0.0690. The van der Waals surface area contributed by atoms with Crippen molar-refractivity contribution < 1.29 is 13.3 Å². The normalized spacial score (nSPS) is 12.0. The Kier molecular flexibility index (Phi) is 7.35. The highest BCUT2D eigenvalue weighted by atomic mass is 32.2. The molecule has 0 aliphatic heterocycles. The molecule has 4 aromatic rings. The quantitative estimate of drug-likeness (QED) is 0.231. The maximum atomic E-state index is 12.7. The molecule has 2 N–H and O–H groups in total. The summed E-state index contributed by atoms with van der Waals surface area (Å²) in [6, 6.07) is 22.4. The number of nitrogens with zero attached hydrogens (tertiary/aromatic N) is 4. The van der Waals surface area contributed by atoms with Gasteiger partial charge in [0, 0.05) is 38.1 Å². The van der Waals surface area contributed by atoms with Gasteiger partial charge in [-0.05, 0) is 53.9 Å². The van der Waals surface area contributed by atoms with Crippen LogP contribution in [0.2, 0.25) is 0 Å². The lowest BCUT2D eigenvalue weighted by atomic mass is 10.0. The molecule has 37 heavy (non-hydrogen) atoms. The van der Waals surface area contributed by atoms with Crippen LogP contribution in [0.5, 0.6) is 0 Å². The Hall–Kier alpha value is -4.51. The Morgan fingerprint density at radius 2 is 1.49 bits per heavy atom. The number of anilines is 3. The van der Waals surface area contributed by atoms with E-state index in [0.29, 0.717) is 0 Å². The fourth-order valence-electron chi connectivity index (χ4n) is 3.62. The van der Waals surface area contributed by atoms with E-state index in [1.807, 2.05) is 45.3 Å². The number of hydrogen-bond acceptors (Lipinski definition) is 8. The van der Waals surface area contributed by atoms with E-state index in [1.54, 1.807) is 0 Å². The van der Waals surface area contributed by atoms with E-state index >= 15 is 0 Å². The zero-order chi connectivity index (χ0) is 26.6. The molecule has 0 amide bonds. The highest BCUT2D eigenvalue weighted by Gasteiger charge is 2.17. The van der Waals surface area contributed by atoms with E-state index in [-0.39, 0.29) is 28.4 Å². The summed E-state index contributed by atoms with van der Waals surface area (Å²) in [5, 5.41) is 14.0. The first-order chi connectivity index (χ1) is 17.6.